The van der Waals surface area contributed by atoms with Crippen molar-refractivity contribution < 1.29 is 13.2 Å². The average Bonchev–Trinajstić information content (AvgIpc) is 3.08. The number of aryl methyl sites for hydroxylation is 1. The first-order chi connectivity index (χ1) is 12.0. The molecule has 0 bridgehead atoms. The van der Waals surface area contributed by atoms with E-state index in [1.165, 1.54) is 12.1 Å². The average molecular weight is 345 g/mol. The van der Waals surface area contributed by atoms with Crippen molar-refractivity contribution in [3.63, 3.8) is 0 Å². The fraction of sp³-hybridized carbons (Fsp3) is 0.263. The van der Waals surface area contributed by atoms with Crippen LogP contribution in [0.5, 0.6) is 0 Å². The lowest BCUT2D eigenvalue weighted by atomic mass is 9.99. The number of nitrogens with zero attached hydrogens (tertiary/aromatic N) is 3. The van der Waals surface area contributed by atoms with Crippen LogP contribution in [0.15, 0.2) is 54.7 Å². The Morgan fingerprint density at radius 3 is 2.40 bits per heavy atom. The van der Waals surface area contributed by atoms with Crippen molar-refractivity contribution in [2.24, 2.45) is 0 Å². The van der Waals surface area contributed by atoms with Gasteiger partial charge in [0.2, 0.25) is 0 Å². The van der Waals surface area contributed by atoms with Crippen LogP contribution >= 0.6 is 0 Å². The van der Waals surface area contributed by atoms with Gasteiger partial charge in [-0.3, -0.25) is 0 Å². The van der Waals surface area contributed by atoms with Crippen molar-refractivity contribution in [1.82, 2.24) is 15.0 Å². The number of alkyl halides is 3. The molecule has 1 aromatic heterocycles. The van der Waals surface area contributed by atoms with Gasteiger partial charge in [0.1, 0.15) is 0 Å². The number of benzene rings is 2. The fourth-order valence-corrected chi connectivity index (χ4v) is 2.67. The van der Waals surface area contributed by atoms with Crippen LogP contribution in [0, 0.1) is 0 Å². The van der Waals surface area contributed by atoms with E-state index in [4.69, 9.17) is 0 Å². The smallest absolute Gasteiger partial charge is 0.220 e. The van der Waals surface area contributed by atoms with Gasteiger partial charge in [0.05, 0.1) is 23.1 Å². The van der Waals surface area contributed by atoms with E-state index in [0.717, 1.165) is 36.7 Å². The molecule has 1 heterocycles. The summed E-state index contributed by atoms with van der Waals surface area (Å²) in [5, 5.41) is 8.21. The number of hydrogen-bond acceptors (Lipinski definition) is 2. The molecule has 0 aliphatic carbocycles. The number of aromatic nitrogens is 3. The number of unbranched alkanes of at least 4 members (excludes halogenated alkanes) is 1. The first-order valence-electron chi connectivity index (χ1n) is 8.17. The van der Waals surface area contributed by atoms with Crippen LogP contribution in [-0.2, 0) is 12.6 Å². The van der Waals surface area contributed by atoms with Crippen molar-refractivity contribution in [3.8, 4) is 16.8 Å². The zero-order valence-electron chi connectivity index (χ0n) is 13.8. The second-order valence-corrected chi connectivity index (χ2v) is 5.85. The lowest BCUT2D eigenvalue weighted by molar-refractivity contribution is -0.137. The molecule has 3 aromatic rings. The summed E-state index contributed by atoms with van der Waals surface area (Å²) in [7, 11) is 0. The third-order valence-electron chi connectivity index (χ3n) is 4.00. The van der Waals surface area contributed by atoms with E-state index >= 15 is 0 Å². The normalized spacial score (nSPS) is 11.7. The molecule has 0 atom stereocenters. The van der Waals surface area contributed by atoms with Crippen LogP contribution in [0.3, 0.4) is 0 Å². The first-order valence-corrected chi connectivity index (χ1v) is 8.17. The zero-order valence-corrected chi connectivity index (χ0v) is 13.8. The van der Waals surface area contributed by atoms with Gasteiger partial charge in [-0.2, -0.15) is 13.2 Å². The van der Waals surface area contributed by atoms with E-state index in [0.29, 0.717) is 5.56 Å². The van der Waals surface area contributed by atoms with Crippen molar-refractivity contribution in [3.05, 3.63) is 66.0 Å². The molecule has 0 aliphatic rings. The second-order valence-electron chi connectivity index (χ2n) is 5.85. The molecular formula is C19H18F3N3. The topological polar surface area (TPSA) is 30.7 Å². The summed E-state index contributed by atoms with van der Waals surface area (Å²) in [6.45, 7) is 2.11. The zero-order chi connectivity index (χ0) is 17.9. The Balaban J connectivity index is 1.87. The number of hydrogen-bond donors (Lipinski definition) is 0. The highest BCUT2D eigenvalue weighted by molar-refractivity contribution is 5.69. The van der Waals surface area contributed by atoms with Gasteiger partial charge < -0.3 is 0 Å². The summed E-state index contributed by atoms with van der Waals surface area (Å²) in [5.74, 6) is 0. The standard InChI is InChI=1S/C19H18F3N3/c1-2-3-6-15-13-25(24-23-15)16-11-9-14(10-12-16)17-7-4-5-8-18(17)19(20,21)22/h4-5,7-13H,2-3,6H2,1H3. The van der Waals surface area contributed by atoms with Crippen LogP contribution in [0.2, 0.25) is 0 Å². The second kappa shape index (κ2) is 7.09. The molecule has 0 spiro atoms. The summed E-state index contributed by atoms with van der Waals surface area (Å²) in [6, 6.07) is 12.4. The van der Waals surface area contributed by atoms with Crippen LogP contribution in [-0.4, -0.2) is 15.0 Å². The van der Waals surface area contributed by atoms with Gasteiger partial charge >= 0.3 is 6.18 Å². The van der Waals surface area contributed by atoms with Crippen molar-refractivity contribution in [2.75, 3.05) is 0 Å². The number of rotatable bonds is 5. The molecule has 6 heteroatoms. The fourth-order valence-electron chi connectivity index (χ4n) is 2.67. The molecule has 0 N–H and O–H groups in total. The van der Waals surface area contributed by atoms with Crippen molar-refractivity contribution in [2.45, 2.75) is 32.4 Å². The summed E-state index contributed by atoms with van der Waals surface area (Å²) in [5.41, 5.74) is 1.73. The maximum atomic E-state index is 13.2. The van der Waals surface area contributed by atoms with Crippen LogP contribution in [0.25, 0.3) is 16.8 Å². The van der Waals surface area contributed by atoms with Crippen molar-refractivity contribution in [1.29, 1.82) is 0 Å². The molecule has 0 unspecified atom stereocenters. The third-order valence-corrected chi connectivity index (χ3v) is 4.00. The monoisotopic (exact) mass is 345 g/mol. The minimum absolute atomic E-state index is 0.170. The molecule has 0 aliphatic heterocycles. The Hall–Kier alpha value is -2.63. The largest absolute Gasteiger partial charge is 0.417 e. The van der Waals surface area contributed by atoms with E-state index in [-0.39, 0.29) is 5.56 Å². The van der Waals surface area contributed by atoms with E-state index in [1.54, 1.807) is 35.0 Å². The van der Waals surface area contributed by atoms with Crippen LogP contribution in [0.1, 0.15) is 31.0 Å². The minimum Gasteiger partial charge on any atom is -0.220 e. The highest BCUT2D eigenvalue weighted by atomic mass is 19.4. The minimum atomic E-state index is -4.38. The SMILES string of the molecule is CCCCc1cn(-c2ccc(-c3ccccc3C(F)(F)F)cc2)nn1. The Morgan fingerprint density at radius 2 is 1.72 bits per heavy atom. The predicted molar refractivity (Wildman–Crippen MR) is 90.4 cm³/mol. The summed E-state index contributed by atoms with van der Waals surface area (Å²) < 4.78 is 41.1. The first kappa shape index (κ1) is 17.2. The van der Waals surface area contributed by atoms with Crippen LogP contribution in [0.4, 0.5) is 13.2 Å². The lowest BCUT2D eigenvalue weighted by Crippen LogP contribution is -2.06. The molecule has 0 amide bonds. The summed E-state index contributed by atoms with van der Waals surface area (Å²) in [4.78, 5) is 0. The van der Waals surface area contributed by atoms with Gasteiger partial charge in [-0.05, 0) is 42.2 Å². The molecule has 3 rings (SSSR count). The quantitative estimate of drug-likeness (QED) is 0.628. The maximum absolute atomic E-state index is 13.2. The van der Waals surface area contributed by atoms with E-state index in [2.05, 4.69) is 17.2 Å². The van der Waals surface area contributed by atoms with Gasteiger partial charge in [0.15, 0.2) is 0 Å². The number of halogens is 3. The third kappa shape index (κ3) is 3.90. The Kier molecular flexibility index (Phi) is 4.88. The molecule has 2 aromatic carbocycles. The maximum Gasteiger partial charge on any atom is 0.417 e. The predicted octanol–water partition coefficient (Wildman–Crippen LogP) is 5.30. The van der Waals surface area contributed by atoms with Gasteiger partial charge in [-0.15, -0.1) is 5.10 Å². The summed E-state index contributed by atoms with van der Waals surface area (Å²) in [6.07, 6.45) is 0.475. The highest BCUT2D eigenvalue weighted by Gasteiger charge is 2.33. The Bertz CT molecular complexity index is 836. The Labute approximate surface area is 144 Å². The Morgan fingerprint density at radius 1 is 1.00 bits per heavy atom. The molecule has 25 heavy (non-hydrogen) atoms. The van der Waals surface area contributed by atoms with Crippen LogP contribution < -0.4 is 0 Å². The van der Waals surface area contributed by atoms with Gasteiger partial charge in [0, 0.05) is 0 Å². The summed E-state index contributed by atoms with van der Waals surface area (Å²) >= 11 is 0. The van der Waals surface area contributed by atoms with E-state index < -0.39 is 11.7 Å². The molecule has 0 saturated carbocycles. The van der Waals surface area contributed by atoms with Crippen molar-refractivity contribution >= 4 is 0 Å². The van der Waals surface area contributed by atoms with Gasteiger partial charge in [-0.1, -0.05) is 48.9 Å². The molecular weight excluding hydrogens is 327 g/mol. The highest BCUT2D eigenvalue weighted by Crippen LogP contribution is 2.36. The lowest BCUT2D eigenvalue weighted by Gasteiger charge is -2.13. The molecule has 0 saturated heterocycles. The molecule has 0 fully saturated rings. The van der Waals surface area contributed by atoms with Gasteiger partial charge in [-0.25, -0.2) is 4.68 Å². The van der Waals surface area contributed by atoms with E-state index in [9.17, 15) is 13.2 Å². The molecule has 130 valence electrons. The molecule has 3 nitrogen and oxygen atoms in total. The molecule has 0 radical (unpaired) electrons. The van der Waals surface area contributed by atoms with Gasteiger partial charge in [0.25, 0.3) is 0 Å². The van der Waals surface area contributed by atoms with E-state index in [1.807, 2.05) is 6.20 Å².